The Morgan fingerprint density at radius 3 is 2.88 bits per heavy atom. The van der Waals surface area contributed by atoms with Gasteiger partial charge in [0, 0.05) is 29.1 Å². The van der Waals surface area contributed by atoms with Crippen molar-refractivity contribution in [1.82, 2.24) is 9.88 Å². The first kappa shape index (κ1) is 15.1. The summed E-state index contributed by atoms with van der Waals surface area (Å²) in [6, 6.07) is 16.0. The van der Waals surface area contributed by atoms with Crippen LogP contribution in [-0.2, 0) is 13.1 Å². The largest absolute Gasteiger partial charge is 0.497 e. The SMILES string of the molecule is COc1ccc(CNC(=O)c2cc3cccc4c3n2CCS4)cc1. The highest BCUT2D eigenvalue weighted by Crippen LogP contribution is 2.34. The summed E-state index contributed by atoms with van der Waals surface area (Å²) in [5, 5.41) is 4.16. The fraction of sp³-hybridized carbons (Fsp3) is 0.211. The van der Waals surface area contributed by atoms with Crippen LogP contribution in [0.1, 0.15) is 16.1 Å². The first-order valence-corrected chi connectivity index (χ1v) is 8.91. The monoisotopic (exact) mass is 338 g/mol. The molecule has 1 aromatic heterocycles. The molecule has 1 aliphatic heterocycles. The number of ether oxygens (including phenoxy) is 1. The number of thioether (sulfide) groups is 1. The van der Waals surface area contributed by atoms with Gasteiger partial charge in [0.25, 0.3) is 5.91 Å². The molecule has 2 heterocycles. The van der Waals surface area contributed by atoms with E-state index in [2.05, 4.69) is 28.1 Å². The molecule has 0 spiro atoms. The van der Waals surface area contributed by atoms with Crippen molar-refractivity contribution in [1.29, 1.82) is 0 Å². The van der Waals surface area contributed by atoms with Gasteiger partial charge < -0.3 is 14.6 Å². The lowest BCUT2D eigenvalue weighted by Crippen LogP contribution is -2.26. The summed E-state index contributed by atoms with van der Waals surface area (Å²) in [6.07, 6.45) is 0. The third kappa shape index (κ3) is 2.65. The van der Waals surface area contributed by atoms with E-state index in [0.29, 0.717) is 6.54 Å². The van der Waals surface area contributed by atoms with Crippen LogP contribution < -0.4 is 10.1 Å². The first-order valence-electron chi connectivity index (χ1n) is 7.92. The van der Waals surface area contributed by atoms with Crippen molar-refractivity contribution in [2.24, 2.45) is 0 Å². The number of aromatic nitrogens is 1. The van der Waals surface area contributed by atoms with Gasteiger partial charge in [0.05, 0.1) is 12.6 Å². The van der Waals surface area contributed by atoms with E-state index in [1.807, 2.05) is 42.1 Å². The van der Waals surface area contributed by atoms with E-state index in [9.17, 15) is 4.79 Å². The second-order valence-corrected chi connectivity index (χ2v) is 6.89. The highest BCUT2D eigenvalue weighted by Gasteiger charge is 2.20. The quantitative estimate of drug-likeness (QED) is 0.789. The van der Waals surface area contributed by atoms with Gasteiger partial charge in [0.15, 0.2) is 0 Å². The van der Waals surface area contributed by atoms with Crippen LogP contribution in [0.15, 0.2) is 53.4 Å². The summed E-state index contributed by atoms with van der Waals surface area (Å²) in [7, 11) is 1.65. The Balaban J connectivity index is 1.56. The summed E-state index contributed by atoms with van der Waals surface area (Å²) in [5.41, 5.74) is 2.98. The molecular weight excluding hydrogens is 320 g/mol. The topological polar surface area (TPSA) is 43.3 Å². The molecule has 4 rings (SSSR count). The summed E-state index contributed by atoms with van der Waals surface area (Å²) in [4.78, 5) is 13.9. The Morgan fingerprint density at radius 2 is 2.08 bits per heavy atom. The maximum atomic E-state index is 12.7. The molecule has 0 bridgehead atoms. The summed E-state index contributed by atoms with van der Waals surface area (Å²) in [5.74, 6) is 1.79. The van der Waals surface area contributed by atoms with Gasteiger partial charge in [-0.3, -0.25) is 4.79 Å². The Kier molecular flexibility index (Phi) is 3.94. The molecule has 0 aliphatic carbocycles. The smallest absolute Gasteiger partial charge is 0.268 e. The molecule has 1 aliphatic rings. The van der Waals surface area contributed by atoms with E-state index in [1.165, 1.54) is 10.4 Å². The number of nitrogens with zero attached hydrogens (tertiary/aromatic N) is 1. The molecule has 0 radical (unpaired) electrons. The predicted molar refractivity (Wildman–Crippen MR) is 96.8 cm³/mol. The summed E-state index contributed by atoms with van der Waals surface area (Å²) in [6.45, 7) is 1.38. The van der Waals surface area contributed by atoms with E-state index < -0.39 is 0 Å². The Bertz CT molecular complexity index is 900. The third-order valence-electron chi connectivity index (χ3n) is 4.30. The van der Waals surface area contributed by atoms with Crippen LogP contribution in [-0.4, -0.2) is 23.3 Å². The van der Waals surface area contributed by atoms with Crippen molar-refractivity contribution in [3.05, 3.63) is 59.8 Å². The van der Waals surface area contributed by atoms with Gasteiger partial charge in [-0.25, -0.2) is 0 Å². The second kappa shape index (κ2) is 6.24. The Hall–Kier alpha value is -2.40. The van der Waals surface area contributed by atoms with Crippen LogP contribution in [0.25, 0.3) is 10.9 Å². The lowest BCUT2D eigenvalue weighted by Gasteiger charge is -2.17. The molecule has 1 N–H and O–H groups in total. The molecule has 0 fully saturated rings. The zero-order valence-corrected chi connectivity index (χ0v) is 14.2. The lowest BCUT2D eigenvalue weighted by molar-refractivity contribution is 0.0942. The number of rotatable bonds is 4. The predicted octanol–water partition coefficient (Wildman–Crippen LogP) is 3.69. The molecule has 0 unspecified atom stereocenters. The van der Waals surface area contributed by atoms with Crippen molar-refractivity contribution in [3.8, 4) is 5.75 Å². The number of methoxy groups -OCH3 is 1. The molecule has 0 saturated carbocycles. The molecule has 3 aromatic rings. The highest BCUT2D eigenvalue weighted by molar-refractivity contribution is 7.99. The molecule has 0 saturated heterocycles. The van der Waals surface area contributed by atoms with Gasteiger partial charge >= 0.3 is 0 Å². The third-order valence-corrected chi connectivity index (χ3v) is 5.33. The van der Waals surface area contributed by atoms with Gasteiger partial charge in [0.1, 0.15) is 11.4 Å². The normalized spacial score (nSPS) is 13.0. The standard InChI is InChI=1S/C19H18N2O2S/c1-23-15-7-5-13(6-8-15)12-20-19(22)16-11-14-3-2-4-17-18(14)21(16)9-10-24-17/h2-8,11H,9-10,12H2,1H3,(H,20,22). The molecule has 2 aromatic carbocycles. The van der Waals surface area contributed by atoms with Crippen LogP contribution in [0.2, 0.25) is 0 Å². The Morgan fingerprint density at radius 1 is 1.25 bits per heavy atom. The molecule has 24 heavy (non-hydrogen) atoms. The zero-order valence-electron chi connectivity index (χ0n) is 13.4. The van der Waals surface area contributed by atoms with E-state index >= 15 is 0 Å². The van der Waals surface area contributed by atoms with Crippen LogP contribution in [0.5, 0.6) is 5.75 Å². The van der Waals surface area contributed by atoms with E-state index in [0.717, 1.165) is 34.7 Å². The fourth-order valence-corrected chi connectivity index (χ4v) is 4.12. The van der Waals surface area contributed by atoms with Crippen LogP contribution in [0.3, 0.4) is 0 Å². The number of carbonyl (C=O) groups excluding carboxylic acids is 1. The molecule has 1 amide bonds. The van der Waals surface area contributed by atoms with Crippen molar-refractivity contribution >= 4 is 28.6 Å². The van der Waals surface area contributed by atoms with Crippen LogP contribution in [0.4, 0.5) is 0 Å². The minimum atomic E-state index is -0.0279. The summed E-state index contributed by atoms with van der Waals surface area (Å²) >= 11 is 1.86. The van der Waals surface area contributed by atoms with Crippen LogP contribution >= 0.6 is 11.8 Å². The number of carbonyl (C=O) groups is 1. The van der Waals surface area contributed by atoms with Crippen LogP contribution in [0, 0.1) is 0 Å². The minimum Gasteiger partial charge on any atom is -0.497 e. The van der Waals surface area contributed by atoms with Crippen molar-refractivity contribution < 1.29 is 9.53 Å². The number of benzene rings is 2. The number of para-hydroxylation sites is 1. The van der Waals surface area contributed by atoms with Gasteiger partial charge in [0.2, 0.25) is 0 Å². The van der Waals surface area contributed by atoms with E-state index in [4.69, 9.17) is 4.74 Å². The zero-order chi connectivity index (χ0) is 16.5. The Labute approximate surface area is 144 Å². The minimum absolute atomic E-state index is 0.0279. The number of hydrogen-bond acceptors (Lipinski definition) is 3. The molecule has 5 heteroatoms. The second-order valence-electron chi connectivity index (χ2n) is 5.75. The first-order chi connectivity index (χ1) is 11.8. The van der Waals surface area contributed by atoms with Gasteiger partial charge in [-0.05, 0) is 29.8 Å². The van der Waals surface area contributed by atoms with Gasteiger partial charge in [-0.1, -0.05) is 24.3 Å². The number of nitrogens with one attached hydrogen (secondary N) is 1. The fourth-order valence-electron chi connectivity index (χ4n) is 3.09. The van der Waals surface area contributed by atoms with Gasteiger partial charge in [-0.2, -0.15) is 0 Å². The van der Waals surface area contributed by atoms with E-state index in [1.54, 1.807) is 7.11 Å². The van der Waals surface area contributed by atoms with Crippen molar-refractivity contribution in [2.75, 3.05) is 12.9 Å². The van der Waals surface area contributed by atoms with E-state index in [-0.39, 0.29) is 5.91 Å². The number of amides is 1. The highest BCUT2D eigenvalue weighted by atomic mass is 32.2. The van der Waals surface area contributed by atoms with Crippen molar-refractivity contribution in [2.45, 2.75) is 18.0 Å². The summed E-state index contributed by atoms with van der Waals surface area (Å²) < 4.78 is 7.30. The van der Waals surface area contributed by atoms with Crippen molar-refractivity contribution in [3.63, 3.8) is 0 Å². The maximum Gasteiger partial charge on any atom is 0.268 e. The average Bonchev–Trinajstić information content (AvgIpc) is 3.01. The lowest BCUT2D eigenvalue weighted by atomic mass is 10.2. The average molecular weight is 338 g/mol. The maximum absolute atomic E-state index is 12.7. The van der Waals surface area contributed by atoms with Gasteiger partial charge in [-0.15, -0.1) is 11.8 Å². The number of hydrogen-bond donors (Lipinski definition) is 1. The molecule has 4 nitrogen and oxygen atoms in total. The molecular formula is C19H18N2O2S. The molecule has 0 atom stereocenters. The number of aryl methyl sites for hydroxylation is 1. The molecule has 122 valence electrons.